The molecule has 3 rings (SSSR count). The van der Waals surface area contributed by atoms with Gasteiger partial charge in [0.2, 0.25) is 5.91 Å². The van der Waals surface area contributed by atoms with E-state index in [1.165, 1.54) is 22.8 Å². The van der Waals surface area contributed by atoms with E-state index in [1.54, 1.807) is 18.2 Å². The van der Waals surface area contributed by atoms with Crippen LogP contribution in [0.4, 0.5) is 5.69 Å². The number of carbonyl (C=O) groups excluding carboxylic acids is 1. The molecule has 9 nitrogen and oxygen atoms in total. The third kappa shape index (κ3) is 4.24. The number of carbonyl (C=O) groups is 1. The predicted molar refractivity (Wildman–Crippen MR) is 99.4 cm³/mol. The molecule has 1 amide bonds. The van der Waals surface area contributed by atoms with E-state index in [1.807, 2.05) is 12.1 Å². The van der Waals surface area contributed by atoms with Gasteiger partial charge < -0.3 is 9.73 Å². The minimum atomic E-state index is -0.621. The second-order valence-corrected chi connectivity index (χ2v) is 6.12. The van der Waals surface area contributed by atoms with Crippen LogP contribution < -0.4 is 11.1 Å². The maximum absolute atomic E-state index is 12.0. The number of fused-ring (bicyclic) bond motifs is 1. The number of rotatable bonds is 7. The molecule has 0 unspecified atom stereocenters. The van der Waals surface area contributed by atoms with E-state index in [4.69, 9.17) is 9.68 Å². The van der Waals surface area contributed by atoms with Crippen molar-refractivity contribution in [3.63, 3.8) is 0 Å². The van der Waals surface area contributed by atoms with E-state index in [0.29, 0.717) is 24.0 Å². The first-order chi connectivity index (χ1) is 13.5. The summed E-state index contributed by atoms with van der Waals surface area (Å²) in [5, 5.41) is 22.4. The average Bonchev–Trinajstić information content (AvgIpc) is 3.01. The molecule has 1 N–H and O–H groups in total. The number of nitriles is 1. The van der Waals surface area contributed by atoms with Crippen molar-refractivity contribution in [2.75, 3.05) is 0 Å². The number of nitrogens with zero attached hydrogens (tertiary/aromatic N) is 3. The Morgan fingerprint density at radius 1 is 1.29 bits per heavy atom. The smallest absolute Gasteiger partial charge is 0.407 e. The fraction of sp³-hybridized carbons (Fsp3) is 0.211. The summed E-state index contributed by atoms with van der Waals surface area (Å²) in [5.74, 6) is -0.803. The van der Waals surface area contributed by atoms with Crippen molar-refractivity contribution in [2.24, 2.45) is 0 Å². The minimum absolute atomic E-state index is 0.140. The number of aromatic nitrogens is 1. The summed E-state index contributed by atoms with van der Waals surface area (Å²) in [6.45, 7) is 0.563. The predicted octanol–water partition coefficient (Wildman–Crippen LogP) is 2.47. The Bertz CT molecular complexity index is 1140. The van der Waals surface area contributed by atoms with Crippen molar-refractivity contribution in [3.05, 3.63) is 74.3 Å². The number of benzene rings is 2. The molecule has 1 aromatic heterocycles. The van der Waals surface area contributed by atoms with Crippen molar-refractivity contribution < 1.29 is 14.1 Å². The normalized spacial score (nSPS) is 10.5. The van der Waals surface area contributed by atoms with Crippen molar-refractivity contribution in [2.45, 2.75) is 25.9 Å². The molecule has 1 heterocycles. The summed E-state index contributed by atoms with van der Waals surface area (Å²) >= 11 is 0. The molecule has 3 aromatic rings. The highest BCUT2D eigenvalue weighted by Gasteiger charge is 2.14. The highest BCUT2D eigenvalue weighted by molar-refractivity contribution is 5.76. The fourth-order valence-electron chi connectivity index (χ4n) is 2.82. The maximum atomic E-state index is 12.0. The lowest BCUT2D eigenvalue weighted by Gasteiger charge is -2.06. The molecule has 9 heteroatoms. The van der Waals surface area contributed by atoms with E-state index in [0.717, 1.165) is 5.56 Å². The molecule has 142 valence electrons. The second-order valence-electron chi connectivity index (χ2n) is 6.12. The van der Waals surface area contributed by atoms with Gasteiger partial charge in [-0.3, -0.25) is 19.5 Å². The average molecular weight is 380 g/mol. The summed E-state index contributed by atoms with van der Waals surface area (Å²) in [6, 6.07) is 13.0. The first-order valence-electron chi connectivity index (χ1n) is 8.51. The van der Waals surface area contributed by atoms with Crippen molar-refractivity contribution in [1.29, 1.82) is 5.26 Å². The zero-order chi connectivity index (χ0) is 20.1. The molecular weight excluding hydrogens is 364 g/mol. The molecule has 0 aliphatic rings. The number of hydrogen-bond acceptors (Lipinski definition) is 6. The number of oxazole rings is 1. The number of nitrogens with one attached hydrogen (secondary N) is 1. The van der Waals surface area contributed by atoms with Crippen LogP contribution in [0.25, 0.3) is 11.1 Å². The van der Waals surface area contributed by atoms with Gasteiger partial charge in [0, 0.05) is 25.6 Å². The Kier molecular flexibility index (Phi) is 5.50. The van der Waals surface area contributed by atoms with Gasteiger partial charge in [0.15, 0.2) is 5.58 Å². The van der Waals surface area contributed by atoms with Crippen molar-refractivity contribution in [3.8, 4) is 6.07 Å². The Morgan fingerprint density at radius 2 is 2.11 bits per heavy atom. The standard InChI is InChI=1S/C19H16N4O5/c20-11-13-3-1-4-14(9-13)12-21-18(24)5-2-8-22-16-7-6-15(23(26)27)10-17(16)28-19(22)25/h1,3-4,6-7,9-10H,2,5,8,12H2,(H,21,24). The van der Waals surface area contributed by atoms with Gasteiger partial charge in [-0.15, -0.1) is 0 Å². The molecular formula is C19H16N4O5. The van der Waals surface area contributed by atoms with Crippen LogP contribution in [0.3, 0.4) is 0 Å². The summed E-state index contributed by atoms with van der Waals surface area (Å²) in [6.07, 6.45) is 0.597. The van der Waals surface area contributed by atoms with Gasteiger partial charge in [0.25, 0.3) is 5.69 Å². The third-order valence-electron chi connectivity index (χ3n) is 4.19. The van der Waals surface area contributed by atoms with Crippen LogP contribution in [-0.4, -0.2) is 15.4 Å². The van der Waals surface area contributed by atoms with Crippen LogP contribution in [0, 0.1) is 21.4 Å². The van der Waals surface area contributed by atoms with Gasteiger partial charge in [-0.1, -0.05) is 12.1 Å². The highest BCUT2D eigenvalue weighted by atomic mass is 16.6. The lowest BCUT2D eigenvalue weighted by atomic mass is 10.1. The Morgan fingerprint density at radius 3 is 2.86 bits per heavy atom. The number of nitro groups is 1. The lowest BCUT2D eigenvalue weighted by Crippen LogP contribution is -2.23. The minimum Gasteiger partial charge on any atom is -0.407 e. The van der Waals surface area contributed by atoms with Gasteiger partial charge in [-0.2, -0.15) is 5.26 Å². The largest absolute Gasteiger partial charge is 0.419 e. The monoisotopic (exact) mass is 380 g/mol. The molecule has 28 heavy (non-hydrogen) atoms. The number of amides is 1. The number of hydrogen-bond donors (Lipinski definition) is 1. The van der Waals surface area contributed by atoms with Crippen LogP contribution >= 0.6 is 0 Å². The molecule has 0 atom stereocenters. The summed E-state index contributed by atoms with van der Waals surface area (Å²) in [5.41, 5.74) is 1.78. The summed E-state index contributed by atoms with van der Waals surface area (Å²) in [4.78, 5) is 34.2. The molecule has 0 bridgehead atoms. The van der Waals surface area contributed by atoms with Crippen LogP contribution in [0.5, 0.6) is 0 Å². The lowest BCUT2D eigenvalue weighted by molar-refractivity contribution is -0.384. The fourth-order valence-corrected chi connectivity index (χ4v) is 2.82. The molecule has 0 aliphatic heterocycles. The van der Waals surface area contributed by atoms with E-state index < -0.39 is 10.7 Å². The quantitative estimate of drug-likeness (QED) is 0.495. The first kappa shape index (κ1) is 18.8. The van der Waals surface area contributed by atoms with Gasteiger partial charge in [-0.05, 0) is 30.2 Å². The van der Waals surface area contributed by atoms with Gasteiger partial charge in [0.1, 0.15) is 0 Å². The molecule has 0 aliphatic carbocycles. The summed E-state index contributed by atoms with van der Waals surface area (Å²) in [7, 11) is 0. The highest BCUT2D eigenvalue weighted by Crippen LogP contribution is 2.20. The number of aryl methyl sites for hydroxylation is 1. The molecule has 0 fully saturated rings. The van der Waals surface area contributed by atoms with Crippen LogP contribution in [0.2, 0.25) is 0 Å². The van der Waals surface area contributed by atoms with Crippen LogP contribution in [-0.2, 0) is 17.9 Å². The zero-order valence-corrected chi connectivity index (χ0v) is 14.8. The Labute approximate surface area is 159 Å². The molecule has 0 spiro atoms. The van der Waals surface area contributed by atoms with E-state index in [9.17, 15) is 19.7 Å². The van der Waals surface area contributed by atoms with E-state index in [2.05, 4.69) is 5.32 Å². The summed E-state index contributed by atoms with van der Waals surface area (Å²) < 4.78 is 6.40. The van der Waals surface area contributed by atoms with Crippen LogP contribution in [0.15, 0.2) is 51.7 Å². The Hall–Kier alpha value is -3.93. The number of nitro benzene ring substituents is 1. The first-order valence-corrected chi connectivity index (χ1v) is 8.51. The Balaban J connectivity index is 1.56. The zero-order valence-electron chi connectivity index (χ0n) is 14.8. The van der Waals surface area contributed by atoms with Gasteiger partial charge in [0.05, 0.1) is 28.1 Å². The van der Waals surface area contributed by atoms with Gasteiger partial charge in [-0.25, -0.2) is 4.79 Å². The van der Waals surface area contributed by atoms with E-state index in [-0.39, 0.29) is 30.1 Å². The molecule has 0 saturated heterocycles. The molecule has 0 radical (unpaired) electrons. The molecule has 2 aromatic carbocycles. The maximum Gasteiger partial charge on any atom is 0.419 e. The van der Waals surface area contributed by atoms with Crippen LogP contribution in [0.1, 0.15) is 24.0 Å². The van der Waals surface area contributed by atoms with Crippen molar-refractivity contribution >= 4 is 22.7 Å². The SMILES string of the molecule is N#Cc1cccc(CNC(=O)CCCn2c(=O)oc3cc([N+](=O)[O-])ccc32)c1. The van der Waals surface area contributed by atoms with Gasteiger partial charge >= 0.3 is 5.76 Å². The second kappa shape index (κ2) is 8.18. The topological polar surface area (TPSA) is 131 Å². The van der Waals surface area contributed by atoms with E-state index >= 15 is 0 Å². The molecule has 0 saturated carbocycles. The van der Waals surface area contributed by atoms with Crippen molar-refractivity contribution in [1.82, 2.24) is 9.88 Å². The third-order valence-corrected chi connectivity index (χ3v) is 4.19. The number of non-ortho nitro benzene ring substituents is 1.